The Bertz CT molecular complexity index is 1080. The highest BCUT2D eigenvalue weighted by atomic mass is 35.5. The predicted molar refractivity (Wildman–Crippen MR) is 113 cm³/mol. The van der Waals surface area contributed by atoms with Crippen molar-refractivity contribution in [2.24, 2.45) is 0 Å². The maximum Gasteiger partial charge on any atom is 0.254 e. The zero-order chi connectivity index (χ0) is 20.5. The topological polar surface area (TPSA) is 67.8 Å². The summed E-state index contributed by atoms with van der Waals surface area (Å²) in [7, 11) is 0. The van der Waals surface area contributed by atoms with Crippen molar-refractivity contribution in [2.75, 3.05) is 37.9 Å². The van der Waals surface area contributed by atoms with E-state index in [1.165, 1.54) is 0 Å². The summed E-state index contributed by atoms with van der Waals surface area (Å²) in [5.74, 6) is 2.50. The summed E-state index contributed by atoms with van der Waals surface area (Å²) in [5.41, 5.74) is 1.49. The van der Waals surface area contributed by atoms with Gasteiger partial charge in [-0.25, -0.2) is 9.97 Å². The van der Waals surface area contributed by atoms with Crippen molar-refractivity contribution < 1.29 is 14.3 Å². The first-order valence-electron chi connectivity index (χ1n) is 9.71. The Morgan fingerprint density at radius 1 is 1.00 bits per heavy atom. The van der Waals surface area contributed by atoms with Crippen LogP contribution in [0.4, 0.5) is 5.82 Å². The second-order valence-electron chi connectivity index (χ2n) is 7.08. The van der Waals surface area contributed by atoms with Crippen LogP contribution >= 0.6 is 11.6 Å². The van der Waals surface area contributed by atoms with Gasteiger partial charge in [-0.1, -0.05) is 41.9 Å². The first-order chi connectivity index (χ1) is 14.7. The molecule has 152 valence electrons. The minimum Gasteiger partial charge on any atom is -0.454 e. The molecule has 0 aliphatic carbocycles. The monoisotopic (exact) mass is 422 g/mol. The van der Waals surface area contributed by atoms with Gasteiger partial charge >= 0.3 is 0 Å². The normalized spacial score (nSPS) is 15.4. The van der Waals surface area contributed by atoms with Gasteiger partial charge in [0, 0.05) is 43.5 Å². The molecule has 5 rings (SSSR count). The van der Waals surface area contributed by atoms with Crippen molar-refractivity contribution >= 4 is 23.3 Å². The zero-order valence-electron chi connectivity index (χ0n) is 16.1. The first kappa shape index (κ1) is 18.7. The third-order valence-corrected chi connectivity index (χ3v) is 5.52. The molecule has 3 heterocycles. The maximum absolute atomic E-state index is 13.0. The predicted octanol–water partition coefficient (Wildman–Crippen LogP) is 3.49. The van der Waals surface area contributed by atoms with Gasteiger partial charge in [0.25, 0.3) is 5.91 Å². The molecule has 1 fully saturated rings. The summed E-state index contributed by atoms with van der Waals surface area (Å²) in [5, 5.41) is 0.390. The molecule has 0 spiro atoms. The lowest BCUT2D eigenvalue weighted by Crippen LogP contribution is -2.49. The number of anilines is 1. The molecule has 0 bridgehead atoms. The Morgan fingerprint density at radius 3 is 2.60 bits per heavy atom. The van der Waals surface area contributed by atoms with Gasteiger partial charge in [-0.2, -0.15) is 0 Å². The number of piperazine rings is 1. The molecule has 1 saturated heterocycles. The summed E-state index contributed by atoms with van der Waals surface area (Å²) in [6.45, 7) is 2.69. The number of carbonyl (C=O) groups is 1. The molecule has 0 unspecified atom stereocenters. The van der Waals surface area contributed by atoms with Crippen molar-refractivity contribution in [3.05, 3.63) is 65.3 Å². The third-order valence-electron chi connectivity index (χ3n) is 5.24. The highest BCUT2D eigenvalue weighted by Gasteiger charge is 2.26. The van der Waals surface area contributed by atoms with Crippen LogP contribution in [0.3, 0.4) is 0 Å². The number of hydrogen-bond acceptors (Lipinski definition) is 6. The molecule has 2 aliphatic rings. The Kier molecular flexibility index (Phi) is 4.88. The van der Waals surface area contributed by atoms with Crippen molar-refractivity contribution in [1.29, 1.82) is 0 Å². The van der Waals surface area contributed by atoms with Crippen LogP contribution in [0.2, 0.25) is 5.02 Å². The molecule has 0 atom stereocenters. The van der Waals surface area contributed by atoms with Crippen molar-refractivity contribution in [2.45, 2.75) is 0 Å². The quantitative estimate of drug-likeness (QED) is 0.643. The fraction of sp³-hybridized carbons (Fsp3) is 0.227. The highest BCUT2D eigenvalue weighted by molar-refractivity contribution is 6.32. The molecule has 7 nitrogen and oxygen atoms in total. The molecule has 0 radical (unpaired) electrons. The van der Waals surface area contributed by atoms with E-state index in [9.17, 15) is 4.79 Å². The second kappa shape index (κ2) is 7.84. The number of ether oxygens (including phenoxy) is 2. The van der Waals surface area contributed by atoms with Gasteiger partial charge in [0.15, 0.2) is 17.3 Å². The fourth-order valence-electron chi connectivity index (χ4n) is 3.66. The van der Waals surface area contributed by atoms with Crippen LogP contribution in [-0.2, 0) is 0 Å². The molecule has 2 aliphatic heterocycles. The van der Waals surface area contributed by atoms with Gasteiger partial charge < -0.3 is 19.3 Å². The van der Waals surface area contributed by atoms with E-state index in [1.54, 1.807) is 18.3 Å². The molecule has 3 aromatic rings. The maximum atomic E-state index is 13.0. The molecular formula is C22H19ClN4O3. The van der Waals surface area contributed by atoms with Gasteiger partial charge in [0.2, 0.25) is 6.79 Å². The highest BCUT2D eigenvalue weighted by Crippen LogP contribution is 2.40. The first-order valence-corrected chi connectivity index (χ1v) is 10.1. The van der Waals surface area contributed by atoms with Crippen molar-refractivity contribution in [3.8, 4) is 22.9 Å². The fourth-order valence-corrected chi connectivity index (χ4v) is 3.93. The number of carbonyl (C=O) groups excluding carboxylic acids is 1. The number of rotatable bonds is 3. The summed E-state index contributed by atoms with van der Waals surface area (Å²) < 4.78 is 10.7. The number of hydrogen-bond donors (Lipinski definition) is 0. The van der Waals surface area contributed by atoms with Crippen LogP contribution in [0.1, 0.15) is 10.4 Å². The average Bonchev–Trinajstić information content (AvgIpc) is 3.29. The van der Waals surface area contributed by atoms with Crippen molar-refractivity contribution in [3.63, 3.8) is 0 Å². The van der Waals surface area contributed by atoms with E-state index in [-0.39, 0.29) is 12.7 Å². The van der Waals surface area contributed by atoms with Crippen LogP contribution < -0.4 is 14.4 Å². The number of benzene rings is 2. The molecule has 0 saturated carbocycles. The number of fused-ring (bicyclic) bond motifs is 1. The van der Waals surface area contributed by atoms with E-state index in [0.717, 1.165) is 11.4 Å². The average molecular weight is 423 g/mol. The van der Waals surface area contributed by atoms with Gasteiger partial charge in [0.1, 0.15) is 5.82 Å². The van der Waals surface area contributed by atoms with E-state index in [2.05, 4.69) is 9.88 Å². The summed E-state index contributed by atoms with van der Waals surface area (Å²) in [6, 6.07) is 15.1. The van der Waals surface area contributed by atoms with E-state index in [1.807, 2.05) is 41.3 Å². The van der Waals surface area contributed by atoms with E-state index in [0.29, 0.717) is 54.1 Å². The summed E-state index contributed by atoms with van der Waals surface area (Å²) in [6.07, 6.45) is 1.77. The molecule has 1 aromatic heterocycles. The number of nitrogens with zero attached hydrogens (tertiary/aromatic N) is 4. The van der Waals surface area contributed by atoms with Crippen LogP contribution in [0.15, 0.2) is 54.7 Å². The molecular weight excluding hydrogens is 404 g/mol. The molecule has 2 aromatic carbocycles. The van der Waals surface area contributed by atoms with E-state index in [4.69, 9.17) is 26.1 Å². The second-order valence-corrected chi connectivity index (χ2v) is 7.48. The smallest absolute Gasteiger partial charge is 0.254 e. The minimum atomic E-state index is -0.0671. The van der Waals surface area contributed by atoms with Crippen LogP contribution in [0.25, 0.3) is 11.4 Å². The lowest BCUT2D eigenvalue weighted by atomic mass is 10.1. The number of halogens is 1. The Hall–Kier alpha value is -3.32. The van der Waals surface area contributed by atoms with Crippen LogP contribution in [0.5, 0.6) is 11.5 Å². The lowest BCUT2D eigenvalue weighted by Gasteiger charge is -2.35. The Balaban J connectivity index is 1.28. The molecule has 30 heavy (non-hydrogen) atoms. The van der Waals surface area contributed by atoms with E-state index < -0.39 is 0 Å². The van der Waals surface area contributed by atoms with Gasteiger partial charge in [-0.15, -0.1) is 0 Å². The van der Waals surface area contributed by atoms with Crippen LogP contribution in [-0.4, -0.2) is 53.7 Å². The Labute approximate surface area is 178 Å². The van der Waals surface area contributed by atoms with Crippen molar-refractivity contribution in [1.82, 2.24) is 14.9 Å². The van der Waals surface area contributed by atoms with Gasteiger partial charge in [-0.3, -0.25) is 4.79 Å². The Morgan fingerprint density at radius 2 is 1.80 bits per heavy atom. The van der Waals surface area contributed by atoms with Crippen LogP contribution in [0, 0.1) is 0 Å². The zero-order valence-corrected chi connectivity index (χ0v) is 16.9. The largest absolute Gasteiger partial charge is 0.454 e. The third kappa shape index (κ3) is 3.52. The standard InChI is InChI=1S/C22H19ClN4O3/c23-17-12-16(13-18-20(17)30-14-29-18)22(28)27-10-8-26(9-11-27)19-6-7-24-21(25-19)15-4-2-1-3-5-15/h1-7,12-13H,8-11,14H2. The van der Waals surface area contributed by atoms with Gasteiger partial charge in [0.05, 0.1) is 5.02 Å². The lowest BCUT2D eigenvalue weighted by molar-refractivity contribution is 0.0746. The number of aromatic nitrogens is 2. The summed E-state index contributed by atoms with van der Waals surface area (Å²) >= 11 is 6.23. The molecule has 0 N–H and O–H groups in total. The summed E-state index contributed by atoms with van der Waals surface area (Å²) in [4.78, 5) is 26.1. The molecule has 8 heteroatoms. The SMILES string of the molecule is O=C(c1cc(Cl)c2c(c1)OCO2)N1CCN(c2ccnc(-c3ccccc3)n2)CC1. The number of amides is 1. The van der Waals surface area contributed by atoms with Gasteiger partial charge in [-0.05, 0) is 18.2 Å². The van der Waals surface area contributed by atoms with E-state index >= 15 is 0 Å². The minimum absolute atomic E-state index is 0.0671. The molecule has 1 amide bonds.